The van der Waals surface area contributed by atoms with E-state index in [0.29, 0.717) is 0 Å². The van der Waals surface area contributed by atoms with Crippen molar-refractivity contribution in [3.05, 3.63) is 56.1 Å². The molecule has 0 unspecified atom stereocenters. The Hall–Kier alpha value is -1.98. The van der Waals surface area contributed by atoms with E-state index in [2.05, 4.69) is 0 Å². The molecule has 0 aromatic heterocycles. The molecule has 1 aromatic carbocycles. The van der Waals surface area contributed by atoms with E-state index < -0.39 is 16.0 Å². The van der Waals surface area contributed by atoms with Crippen LogP contribution in [-0.4, -0.2) is 9.85 Å². The first kappa shape index (κ1) is 9.11. The molecule has 0 saturated carbocycles. The van der Waals surface area contributed by atoms with E-state index in [1.165, 1.54) is 24.3 Å². The van der Waals surface area contributed by atoms with E-state index in [-0.39, 0.29) is 5.56 Å². The standard InChI is InChI=1S/C7H6N2O4/c10-8(11)7(9(12)13)6-4-2-1-3-5-6/h1-5,7H. The van der Waals surface area contributed by atoms with Crippen molar-refractivity contribution in [3.8, 4) is 0 Å². The number of hydrogen-bond donors (Lipinski definition) is 0. The normalized spacial score (nSPS) is 9.92. The van der Waals surface area contributed by atoms with Crippen LogP contribution >= 0.6 is 0 Å². The highest BCUT2D eigenvalue weighted by molar-refractivity contribution is 5.15. The molecule has 0 spiro atoms. The van der Waals surface area contributed by atoms with Crippen LogP contribution in [-0.2, 0) is 0 Å². The van der Waals surface area contributed by atoms with E-state index in [4.69, 9.17) is 0 Å². The lowest BCUT2D eigenvalue weighted by Crippen LogP contribution is -2.19. The average molecular weight is 182 g/mol. The highest BCUT2D eigenvalue weighted by Gasteiger charge is 2.33. The number of hydrogen-bond acceptors (Lipinski definition) is 4. The number of nitro groups is 2. The van der Waals surface area contributed by atoms with Crippen molar-refractivity contribution in [2.75, 3.05) is 0 Å². The van der Waals surface area contributed by atoms with Gasteiger partial charge in [-0.1, -0.05) is 18.2 Å². The molecular formula is C7H6N2O4. The molecule has 0 saturated heterocycles. The lowest BCUT2D eigenvalue weighted by atomic mass is 10.2. The lowest BCUT2D eigenvalue weighted by molar-refractivity contribution is -0.752. The van der Waals surface area contributed by atoms with Crippen molar-refractivity contribution in [3.63, 3.8) is 0 Å². The molecule has 1 aromatic rings. The van der Waals surface area contributed by atoms with E-state index in [0.717, 1.165) is 0 Å². The number of benzene rings is 1. The number of nitrogens with zero attached hydrogens (tertiary/aromatic N) is 2. The van der Waals surface area contributed by atoms with E-state index >= 15 is 0 Å². The van der Waals surface area contributed by atoms with Crippen molar-refractivity contribution >= 4 is 0 Å². The average Bonchev–Trinajstić information content (AvgIpc) is 2.04. The Kier molecular flexibility index (Phi) is 2.53. The summed E-state index contributed by atoms with van der Waals surface area (Å²) in [7, 11) is 0. The summed E-state index contributed by atoms with van der Waals surface area (Å²) >= 11 is 0. The summed E-state index contributed by atoms with van der Waals surface area (Å²) < 4.78 is 0. The van der Waals surface area contributed by atoms with Gasteiger partial charge in [-0.25, -0.2) is 0 Å². The summed E-state index contributed by atoms with van der Waals surface area (Å²) in [6, 6.07) is 7.40. The van der Waals surface area contributed by atoms with Crippen molar-refractivity contribution in [2.45, 2.75) is 6.17 Å². The van der Waals surface area contributed by atoms with E-state index in [9.17, 15) is 20.2 Å². The monoisotopic (exact) mass is 182 g/mol. The summed E-state index contributed by atoms with van der Waals surface area (Å²) in [5, 5.41) is 20.6. The van der Waals surface area contributed by atoms with Gasteiger partial charge < -0.3 is 0 Å². The summed E-state index contributed by atoms with van der Waals surface area (Å²) in [5.74, 6) is 0. The first-order valence-corrected chi connectivity index (χ1v) is 3.45. The van der Waals surface area contributed by atoms with Gasteiger partial charge in [0.05, 0.1) is 0 Å². The molecular weight excluding hydrogens is 176 g/mol. The van der Waals surface area contributed by atoms with Gasteiger partial charge >= 0.3 is 6.17 Å². The smallest absolute Gasteiger partial charge is 0.258 e. The van der Waals surface area contributed by atoms with E-state index in [1.807, 2.05) is 0 Å². The Morgan fingerprint density at radius 1 is 1.00 bits per heavy atom. The molecule has 0 radical (unpaired) electrons. The van der Waals surface area contributed by atoms with Gasteiger partial charge in [-0.2, -0.15) is 0 Å². The predicted octanol–water partition coefficient (Wildman–Crippen LogP) is 1.24. The third kappa shape index (κ3) is 1.98. The van der Waals surface area contributed by atoms with Crippen LogP contribution in [0.25, 0.3) is 0 Å². The van der Waals surface area contributed by atoms with Crippen molar-refractivity contribution in [2.24, 2.45) is 0 Å². The fraction of sp³-hybridized carbons (Fsp3) is 0.143. The molecule has 1 rings (SSSR count). The van der Waals surface area contributed by atoms with Gasteiger partial charge in [0.15, 0.2) is 0 Å². The van der Waals surface area contributed by atoms with Crippen LogP contribution in [0.1, 0.15) is 11.7 Å². The minimum Gasteiger partial charge on any atom is -0.258 e. The van der Waals surface area contributed by atoms with Crippen LogP contribution in [0, 0.1) is 20.2 Å². The highest BCUT2D eigenvalue weighted by Crippen LogP contribution is 2.15. The first-order chi connectivity index (χ1) is 6.13. The zero-order chi connectivity index (χ0) is 9.84. The largest absolute Gasteiger partial charge is 0.476 e. The molecule has 0 bridgehead atoms. The zero-order valence-electron chi connectivity index (χ0n) is 6.49. The van der Waals surface area contributed by atoms with Gasteiger partial charge in [-0.15, -0.1) is 0 Å². The fourth-order valence-electron chi connectivity index (χ4n) is 0.946. The van der Waals surface area contributed by atoms with Gasteiger partial charge in [0.2, 0.25) is 0 Å². The molecule has 6 heteroatoms. The van der Waals surface area contributed by atoms with Crippen molar-refractivity contribution in [1.29, 1.82) is 0 Å². The van der Waals surface area contributed by atoms with Gasteiger partial charge in [0.1, 0.15) is 15.4 Å². The lowest BCUT2D eigenvalue weighted by Gasteiger charge is -2.00. The Balaban J connectivity index is 3.03. The quantitative estimate of drug-likeness (QED) is 0.399. The van der Waals surface area contributed by atoms with Crippen LogP contribution in [0.3, 0.4) is 0 Å². The van der Waals surface area contributed by atoms with Gasteiger partial charge in [-0.3, -0.25) is 20.2 Å². The maximum atomic E-state index is 10.3. The summed E-state index contributed by atoms with van der Waals surface area (Å²) in [6.45, 7) is 0. The summed E-state index contributed by atoms with van der Waals surface area (Å²) in [5.41, 5.74) is 0.0810. The molecule has 0 atom stereocenters. The second kappa shape index (κ2) is 3.61. The van der Waals surface area contributed by atoms with Gasteiger partial charge in [0.25, 0.3) is 0 Å². The molecule has 68 valence electrons. The Morgan fingerprint density at radius 3 is 1.85 bits per heavy atom. The van der Waals surface area contributed by atoms with Crippen LogP contribution in [0.15, 0.2) is 30.3 Å². The van der Waals surface area contributed by atoms with E-state index in [1.54, 1.807) is 6.07 Å². The maximum Gasteiger partial charge on any atom is 0.476 e. The third-order valence-electron chi connectivity index (χ3n) is 1.50. The minimum atomic E-state index is -1.86. The van der Waals surface area contributed by atoms with Gasteiger partial charge in [-0.05, 0) is 12.1 Å². The molecule has 0 aliphatic rings. The van der Waals surface area contributed by atoms with Crippen LogP contribution in [0.2, 0.25) is 0 Å². The zero-order valence-corrected chi connectivity index (χ0v) is 6.49. The van der Waals surface area contributed by atoms with Crippen LogP contribution in [0.5, 0.6) is 0 Å². The predicted molar refractivity (Wildman–Crippen MR) is 43.2 cm³/mol. The fourth-order valence-corrected chi connectivity index (χ4v) is 0.946. The summed E-state index contributed by atoms with van der Waals surface area (Å²) in [4.78, 5) is 18.8. The second-order valence-corrected chi connectivity index (χ2v) is 2.36. The van der Waals surface area contributed by atoms with Crippen LogP contribution < -0.4 is 0 Å². The second-order valence-electron chi connectivity index (χ2n) is 2.36. The maximum absolute atomic E-state index is 10.3. The van der Waals surface area contributed by atoms with Crippen molar-refractivity contribution < 1.29 is 9.85 Å². The summed E-state index contributed by atoms with van der Waals surface area (Å²) in [6.07, 6.45) is -1.86. The molecule has 0 heterocycles. The molecule has 0 N–H and O–H groups in total. The highest BCUT2D eigenvalue weighted by atomic mass is 16.7. The number of rotatable bonds is 3. The first-order valence-electron chi connectivity index (χ1n) is 3.45. The molecule has 0 fully saturated rings. The topological polar surface area (TPSA) is 86.3 Å². The SMILES string of the molecule is O=[N+]([O-])C(c1ccccc1)[N+](=O)[O-]. The third-order valence-corrected chi connectivity index (χ3v) is 1.50. The molecule has 0 amide bonds. The molecule has 0 aliphatic heterocycles. The minimum absolute atomic E-state index is 0.0810. The molecule has 0 aliphatic carbocycles. The Bertz CT molecular complexity index is 311. The Labute approximate surface area is 73.1 Å². The van der Waals surface area contributed by atoms with Gasteiger partial charge in [0, 0.05) is 0 Å². The molecule has 13 heavy (non-hydrogen) atoms. The Morgan fingerprint density at radius 2 is 1.46 bits per heavy atom. The van der Waals surface area contributed by atoms with Crippen LogP contribution in [0.4, 0.5) is 0 Å². The molecule has 6 nitrogen and oxygen atoms in total. The van der Waals surface area contributed by atoms with Crippen molar-refractivity contribution in [1.82, 2.24) is 0 Å².